The van der Waals surface area contributed by atoms with E-state index in [1.807, 2.05) is 55.7 Å². The fraction of sp³-hybridized carbons (Fsp3) is 0.455. The van der Waals surface area contributed by atoms with Crippen molar-refractivity contribution in [2.75, 3.05) is 20.1 Å². The molecule has 2 N–H and O–H groups in total. The van der Waals surface area contributed by atoms with Crippen LogP contribution in [0, 0.1) is 5.92 Å². The number of piperazine rings is 1. The van der Waals surface area contributed by atoms with E-state index in [1.54, 1.807) is 4.90 Å². The number of aliphatic hydroxyl groups is 1. The SMILES string of the molecule is CN1C[C@H](C(=O)N[C@]2(C)OC3(O)[C@@H]4CCCN4C(=O)C(Cc4ccccc4)N3C2=O)C=C2C3=CC=CC4N=CC(=C34)C[C@H]21. The van der Waals surface area contributed by atoms with Gasteiger partial charge in [0.15, 0.2) is 0 Å². The average molecular weight is 582 g/mol. The van der Waals surface area contributed by atoms with Crippen molar-refractivity contribution in [3.05, 3.63) is 82.5 Å². The predicted molar refractivity (Wildman–Crippen MR) is 157 cm³/mol. The maximum atomic E-state index is 14.2. The summed E-state index contributed by atoms with van der Waals surface area (Å²) in [5.41, 5.74) is 3.71. The van der Waals surface area contributed by atoms with Gasteiger partial charge in [0.2, 0.25) is 17.5 Å². The van der Waals surface area contributed by atoms with Gasteiger partial charge in [-0.1, -0.05) is 54.6 Å². The topological polar surface area (TPSA) is 115 Å². The van der Waals surface area contributed by atoms with Gasteiger partial charge < -0.3 is 15.3 Å². The molecule has 3 amide bonds. The third-order valence-corrected chi connectivity index (χ3v) is 10.2. The van der Waals surface area contributed by atoms with Crippen LogP contribution in [0.3, 0.4) is 0 Å². The zero-order valence-corrected chi connectivity index (χ0v) is 24.3. The van der Waals surface area contributed by atoms with E-state index < -0.39 is 35.5 Å². The highest BCUT2D eigenvalue weighted by Gasteiger charge is 2.70. The summed E-state index contributed by atoms with van der Waals surface area (Å²) < 4.78 is 6.23. The number of hydrogen-bond donors (Lipinski definition) is 2. The molecule has 8 rings (SSSR count). The van der Waals surface area contributed by atoms with Gasteiger partial charge in [-0.2, -0.15) is 0 Å². The number of hydrogen-bond acceptors (Lipinski definition) is 7. The van der Waals surface area contributed by atoms with Gasteiger partial charge in [-0.25, -0.2) is 0 Å². The number of amides is 3. The summed E-state index contributed by atoms with van der Waals surface area (Å²) in [6.07, 6.45) is 12.5. The van der Waals surface area contributed by atoms with Crippen LogP contribution in [0.1, 0.15) is 31.7 Å². The zero-order valence-electron chi connectivity index (χ0n) is 24.3. The smallest absolute Gasteiger partial charge is 0.280 e. The molecule has 10 heteroatoms. The highest BCUT2D eigenvalue weighted by atomic mass is 16.7. The lowest BCUT2D eigenvalue weighted by Gasteiger charge is -2.48. The Morgan fingerprint density at radius 1 is 1.23 bits per heavy atom. The molecule has 0 bridgehead atoms. The number of carbonyl (C=O) groups excluding carboxylic acids is 3. The molecule has 7 aliphatic rings. The molecule has 10 nitrogen and oxygen atoms in total. The van der Waals surface area contributed by atoms with Gasteiger partial charge in [0, 0.05) is 31.8 Å². The Balaban J connectivity index is 1.09. The van der Waals surface area contributed by atoms with Crippen LogP contribution in [0.25, 0.3) is 0 Å². The summed E-state index contributed by atoms with van der Waals surface area (Å²) in [5.74, 6) is -3.77. The fourth-order valence-electron chi connectivity index (χ4n) is 8.21. The summed E-state index contributed by atoms with van der Waals surface area (Å²) in [4.78, 5) is 51.5. The summed E-state index contributed by atoms with van der Waals surface area (Å²) in [6.45, 7) is 2.45. The molecule has 3 saturated heterocycles. The number of nitrogens with one attached hydrogen (secondary N) is 1. The highest BCUT2D eigenvalue weighted by molar-refractivity contribution is 5.97. The van der Waals surface area contributed by atoms with Crippen LogP contribution >= 0.6 is 0 Å². The van der Waals surface area contributed by atoms with Crippen LogP contribution < -0.4 is 5.32 Å². The molecule has 1 aromatic carbocycles. The number of rotatable bonds is 4. The van der Waals surface area contributed by atoms with E-state index in [1.165, 1.54) is 23.0 Å². The van der Waals surface area contributed by atoms with Crippen LogP contribution in [0.5, 0.6) is 0 Å². The number of allylic oxidation sites excluding steroid dienone is 2. The van der Waals surface area contributed by atoms with Gasteiger partial charge in [-0.05, 0) is 61.1 Å². The van der Waals surface area contributed by atoms with E-state index in [2.05, 4.69) is 27.4 Å². The first-order valence-corrected chi connectivity index (χ1v) is 15.2. The summed E-state index contributed by atoms with van der Waals surface area (Å²) in [7, 11) is 2.02. The third-order valence-electron chi connectivity index (χ3n) is 10.2. The number of carbonyl (C=O) groups is 3. The molecule has 43 heavy (non-hydrogen) atoms. The zero-order chi connectivity index (χ0) is 29.7. The number of aliphatic imine (C=N–C) groups is 1. The molecule has 3 fully saturated rings. The molecule has 5 aliphatic heterocycles. The van der Waals surface area contributed by atoms with Crippen molar-refractivity contribution in [1.82, 2.24) is 20.0 Å². The molecular formula is C33H35N5O5. The molecule has 5 heterocycles. The normalized spacial score (nSPS) is 37.6. The highest BCUT2D eigenvalue weighted by Crippen LogP contribution is 2.47. The molecule has 1 aromatic rings. The average Bonchev–Trinajstić information content (AvgIpc) is 3.70. The lowest BCUT2D eigenvalue weighted by molar-refractivity contribution is -0.315. The van der Waals surface area contributed by atoms with E-state index in [0.29, 0.717) is 25.9 Å². The number of nitrogens with zero attached hydrogens (tertiary/aromatic N) is 4. The maximum Gasteiger partial charge on any atom is 0.280 e. The van der Waals surface area contributed by atoms with Crippen molar-refractivity contribution in [1.29, 1.82) is 0 Å². The Bertz CT molecular complexity index is 1600. The number of benzene rings is 1. The van der Waals surface area contributed by atoms with Gasteiger partial charge >= 0.3 is 0 Å². The largest absolute Gasteiger partial charge is 0.347 e. The lowest BCUT2D eigenvalue weighted by Crippen LogP contribution is -2.71. The molecular weight excluding hydrogens is 546 g/mol. The Morgan fingerprint density at radius 3 is 2.86 bits per heavy atom. The predicted octanol–water partition coefficient (Wildman–Crippen LogP) is 1.45. The van der Waals surface area contributed by atoms with Crippen molar-refractivity contribution in [2.24, 2.45) is 10.9 Å². The Labute approximate surface area is 250 Å². The molecule has 3 unspecified atom stereocenters. The number of fused-ring (bicyclic) bond motifs is 5. The van der Waals surface area contributed by atoms with Gasteiger partial charge in [0.1, 0.15) is 12.1 Å². The summed E-state index contributed by atoms with van der Waals surface area (Å²) in [6, 6.07) is 7.95. The van der Waals surface area contributed by atoms with E-state index in [4.69, 9.17) is 4.74 Å². The van der Waals surface area contributed by atoms with Gasteiger partial charge in [-0.15, -0.1) is 0 Å². The summed E-state index contributed by atoms with van der Waals surface area (Å²) in [5, 5.41) is 14.9. The van der Waals surface area contributed by atoms with Gasteiger partial charge in [-0.3, -0.25) is 33.9 Å². The first kappa shape index (κ1) is 26.7. The van der Waals surface area contributed by atoms with Crippen LogP contribution in [0.15, 0.2) is 81.9 Å². The van der Waals surface area contributed by atoms with E-state index >= 15 is 0 Å². The Morgan fingerprint density at radius 2 is 2.05 bits per heavy atom. The molecule has 0 radical (unpaired) electrons. The van der Waals surface area contributed by atoms with Crippen molar-refractivity contribution in [3.63, 3.8) is 0 Å². The minimum atomic E-state index is -2.04. The van der Waals surface area contributed by atoms with Gasteiger partial charge in [0.25, 0.3) is 11.8 Å². The maximum absolute atomic E-state index is 14.2. The molecule has 0 aromatic heterocycles. The summed E-state index contributed by atoms with van der Waals surface area (Å²) >= 11 is 0. The van der Waals surface area contributed by atoms with Crippen molar-refractivity contribution >= 4 is 23.9 Å². The second kappa shape index (κ2) is 9.32. The number of ether oxygens (including phenoxy) is 1. The quantitative estimate of drug-likeness (QED) is 0.557. The third kappa shape index (κ3) is 3.82. The van der Waals surface area contributed by atoms with Crippen LogP contribution in [-0.2, 0) is 25.5 Å². The molecule has 0 spiro atoms. The van der Waals surface area contributed by atoms with Crippen LogP contribution in [-0.4, -0.2) is 99.7 Å². The molecule has 7 atom stereocenters. The van der Waals surface area contributed by atoms with E-state index in [9.17, 15) is 19.5 Å². The van der Waals surface area contributed by atoms with Gasteiger partial charge in [0.05, 0.1) is 12.0 Å². The number of likely N-dealkylation sites (N-methyl/N-ethyl adjacent to an activating group) is 1. The lowest BCUT2D eigenvalue weighted by atomic mass is 9.74. The standard InChI is InChI=1S/C33H35N5O5/c1-32(35-29(39)21-15-23-22-10-6-11-24-28(22)20(17-34-24)16-25(23)36(2)18-21)31(41)38-26(14-19-8-4-3-5-9-19)30(40)37-13-7-12-27(37)33(38,42)43-32/h3-6,8-11,15,17,21,24-27,42H,7,12-14,16,18H2,1-2H3,(H,35,39)/t21-,24?,25-,26?,27+,32-,33?/m1/s1. The van der Waals surface area contributed by atoms with Crippen molar-refractivity contribution in [2.45, 2.75) is 68.4 Å². The molecule has 2 aliphatic carbocycles. The van der Waals surface area contributed by atoms with E-state index in [0.717, 1.165) is 23.1 Å². The second-order valence-electron chi connectivity index (χ2n) is 12.9. The fourth-order valence-corrected chi connectivity index (χ4v) is 8.21. The van der Waals surface area contributed by atoms with Crippen LogP contribution in [0.4, 0.5) is 0 Å². The van der Waals surface area contributed by atoms with Crippen molar-refractivity contribution in [3.8, 4) is 0 Å². The first-order valence-electron chi connectivity index (χ1n) is 15.2. The van der Waals surface area contributed by atoms with E-state index in [-0.39, 0.29) is 30.3 Å². The Kier molecular flexibility index (Phi) is 5.80. The van der Waals surface area contributed by atoms with Crippen LogP contribution in [0.2, 0.25) is 0 Å². The second-order valence-corrected chi connectivity index (χ2v) is 12.9. The molecule has 0 saturated carbocycles. The minimum absolute atomic E-state index is 0.0274. The minimum Gasteiger partial charge on any atom is -0.347 e. The monoisotopic (exact) mass is 581 g/mol. The van der Waals surface area contributed by atoms with Crippen molar-refractivity contribution < 1.29 is 24.2 Å². The first-order chi connectivity index (χ1) is 20.7. The molecule has 222 valence electrons. The Hall–Kier alpha value is -3.86.